The summed E-state index contributed by atoms with van der Waals surface area (Å²) in [7, 11) is 0. The molecule has 1 heterocycles. The van der Waals surface area contributed by atoms with Gasteiger partial charge in [-0.15, -0.1) is 0 Å². The fourth-order valence-corrected chi connectivity index (χ4v) is 2.05. The number of carbonyl (C=O) groups excluding carboxylic acids is 2. The van der Waals surface area contributed by atoms with Crippen LogP contribution >= 0.6 is 0 Å². The number of rotatable bonds is 7. The van der Waals surface area contributed by atoms with Crippen molar-refractivity contribution < 1.29 is 9.59 Å². The summed E-state index contributed by atoms with van der Waals surface area (Å²) in [6, 6.07) is 13.6. The molecule has 1 amide bonds. The standard InChI is InChI=1S/C16H18N2O2/c19-13-15-9-5-11-18(15)12-16(20)17-10-4-8-14-6-2-1-3-7-14/h1-3,5-7,9,11,13H,4,8,10,12H2,(H,17,20). The van der Waals surface area contributed by atoms with Crippen LogP contribution in [0.3, 0.4) is 0 Å². The maximum absolute atomic E-state index is 11.7. The number of aldehydes is 1. The van der Waals surface area contributed by atoms with Crippen molar-refractivity contribution in [2.75, 3.05) is 6.54 Å². The van der Waals surface area contributed by atoms with E-state index in [2.05, 4.69) is 17.4 Å². The fourth-order valence-electron chi connectivity index (χ4n) is 2.05. The Labute approximate surface area is 118 Å². The van der Waals surface area contributed by atoms with Crippen molar-refractivity contribution in [1.82, 2.24) is 9.88 Å². The zero-order chi connectivity index (χ0) is 14.2. The molecule has 0 bridgehead atoms. The van der Waals surface area contributed by atoms with Crippen molar-refractivity contribution in [1.29, 1.82) is 0 Å². The number of hydrogen-bond acceptors (Lipinski definition) is 2. The summed E-state index contributed by atoms with van der Waals surface area (Å²) < 4.78 is 1.64. The molecule has 0 fully saturated rings. The highest BCUT2D eigenvalue weighted by Crippen LogP contribution is 2.02. The van der Waals surface area contributed by atoms with Gasteiger partial charge in [-0.05, 0) is 30.5 Å². The molecule has 0 aliphatic carbocycles. The van der Waals surface area contributed by atoms with Crippen molar-refractivity contribution in [3.63, 3.8) is 0 Å². The van der Waals surface area contributed by atoms with Crippen molar-refractivity contribution in [2.24, 2.45) is 0 Å². The Balaban J connectivity index is 1.69. The van der Waals surface area contributed by atoms with E-state index in [0.717, 1.165) is 19.1 Å². The zero-order valence-corrected chi connectivity index (χ0v) is 11.3. The Hall–Kier alpha value is -2.36. The van der Waals surface area contributed by atoms with E-state index >= 15 is 0 Å². The predicted molar refractivity (Wildman–Crippen MR) is 77.6 cm³/mol. The largest absolute Gasteiger partial charge is 0.355 e. The Morgan fingerprint density at radius 2 is 1.95 bits per heavy atom. The van der Waals surface area contributed by atoms with Gasteiger partial charge < -0.3 is 9.88 Å². The van der Waals surface area contributed by atoms with Gasteiger partial charge in [0.25, 0.3) is 0 Å². The Bertz CT molecular complexity index is 561. The summed E-state index contributed by atoms with van der Waals surface area (Å²) in [5.74, 6) is -0.0719. The summed E-state index contributed by atoms with van der Waals surface area (Å²) in [4.78, 5) is 22.5. The second-order valence-corrected chi connectivity index (χ2v) is 4.62. The summed E-state index contributed by atoms with van der Waals surface area (Å²) in [5, 5.41) is 2.87. The van der Waals surface area contributed by atoms with Gasteiger partial charge in [-0.2, -0.15) is 0 Å². The third-order valence-corrected chi connectivity index (χ3v) is 3.11. The molecule has 0 saturated heterocycles. The normalized spacial score (nSPS) is 10.2. The van der Waals surface area contributed by atoms with Gasteiger partial charge in [-0.3, -0.25) is 9.59 Å². The molecule has 0 unspecified atom stereocenters. The summed E-state index contributed by atoms with van der Waals surface area (Å²) >= 11 is 0. The van der Waals surface area contributed by atoms with Gasteiger partial charge in [-0.1, -0.05) is 30.3 Å². The number of hydrogen-bond donors (Lipinski definition) is 1. The molecule has 0 aliphatic heterocycles. The number of nitrogens with one attached hydrogen (secondary N) is 1. The fraction of sp³-hybridized carbons (Fsp3) is 0.250. The first-order valence-corrected chi connectivity index (χ1v) is 6.70. The molecule has 0 radical (unpaired) electrons. The average Bonchev–Trinajstić information content (AvgIpc) is 2.92. The van der Waals surface area contributed by atoms with Crippen LogP contribution in [-0.2, 0) is 17.8 Å². The molecule has 2 rings (SSSR count). The number of benzene rings is 1. The molecular formula is C16H18N2O2. The van der Waals surface area contributed by atoms with E-state index in [4.69, 9.17) is 0 Å². The first kappa shape index (κ1) is 14.1. The first-order chi connectivity index (χ1) is 9.79. The van der Waals surface area contributed by atoms with E-state index in [0.29, 0.717) is 12.2 Å². The van der Waals surface area contributed by atoms with Crippen LogP contribution in [0.25, 0.3) is 0 Å². The van der Waals surface area contributed by atoms with E-state index in [1.807, 2.05) is 18.2 Å². The highest BCUT2D eigenvalue weighted by Gasteiger charge is 2.05. The number of nitrogens with zero attached hydrogens (tertiary/aromatic N) is 1. The summed E-state index contributed by atoms with van der Waals surface area (Å²) in [5.41, 5.74) is 1.79. The number of aromatic nitrogens is 1. The van der Waals surface area contributed by atoms with E-state index in [1.165, 1.54) is 5.56 Å². The van der Waals surface area contributed by atoms with Crippen molar-refractivity contribution >= 4 is 12.2 Å². The second-order valence-electron chi connectivity index (χ2n) is 4.62. The average molecular weight is 270 g/mol. The molecule has 2 aromatic rings. The third-order valence-electron chi connectivity index (χ3n) is 3.11. The predicted octanol–water partition coefficient (Wildman–Crippen LogP) is 2.05. The number of carbonyl (C=O) groups is 2. The van der Waals surface area contributed by atoms with E-state index in [-0.39, 0.29) is 12.5 Å². The molecule has 0 spiro atoms. The molecule has 104 valence electrons. The van der Waals surface area contributed by atoms with Crippen LogP contribution < -0.4 is 5.32 Å². The minimum Gasteiger partial charge on any atom is -0.355 e. The van der Waals surface area contributed by atoms with Crippen LogP contribution in [0.5, 0.6) is 0 Å². The monoisotopic (exact) mass is 270 g/mol. The van der Waals surface area contributed by atoms with Gasteiger partial charge in [0, 0.05) is 12.7 Å². The van der Waals surface area contributed by atoms with Crippen LogP contribution in [0.4, 0.5) is 0 Å². The van der Waals surface area contributed by atoms with E-state index in [9.17, 15) is 9.59 Å². The smallest absolute Gasteiger partial charge is 0.239 e. The molecule has 1 aromatic carbocycles. The maximum Gasteiger partial charge on any atom is 0.239 e. The third kappa shape index (κ3) is 4.09. The Morgan fingerprint density at radius 3 is 2.70 bits per heavy atom. The molecule has 1 aromatic heterocycles. The van der Waals surface area contributed by atoms with Crippen LogP contribution in [-0.4, -0.2) is 23.3 Å². The Kier molecular flexibility index (Phi) is 5.12. The minimum absolute atomic E-state index is 0.0719. The van der Waals surface area contributed by atoms with Crippen LogP contribution in [0.2, 0.25) is 0 Å². The topological polar surface area (TPSA) is 51.1 Å². The lowest BCUT2D eigenvalue weighted by Crippen LogP contribution is -2.29. The lowest BCUT2D eigenvalue weighted by molar-refractivity contribution is -0.121. The number of amides is 1. The molecule has 4 nitrogen and oxygen atoms in total. The lowest BCUT2D eigenvalue weighted by Gasteiger charge is -2.07. The van der Waals surface area contributed by atoms with Crippen LogP contribution in [0.1, 0.15) is 22.5 Å². The summed E-state index contributed by atoms with van der Waals surface area (Å²) in [6.07, 6.45) is 4.34. The van der Waals surface area contributed by atoms with Gasteiger partial charge in [-0.25, -0.2) is 0 Å². The van der Waals surface area contributed by atoms with Gasteiger partial charge in [0.15, 0.2) is 6.29 Å². The van der Waals surface area contributed by atoms with Crippen molar-refractivity contribution in [3.05, 3.63) is 59.9 Å². The molecular weight excluding hydrogens is 252 g/mol. The van der Waals surface area contributed by atoms with Crippen molar-refractivity contribution in [3.8, 4) is 0 Å². The van der Waals surface area contributed by atoms with E-state index < -0.39 is 0 Å². The van der Waals surface area contributed by atoms with Crippen LogP contribution in [0.15, 0.2) is 48.7 Å². The van der Waals surface area contributed by atoms with Gasteiger partial charge in [0.1, 0.15) is 6.54 Å². The van der Waals surface area contributed by atoms with Gasteiger partial charge >= 0.3 is 0 Å². The van der Waals surface area contributed by atoms with Gasteiger partial charge in [0.05, 0.1) is 5.69 Å². The molecule has 0 atom stereocenters. The summed E-state index contributed by atoms with van der Waals surface area (Å²) in [6.45, 7) is 0.831. The molecule has 0 aliphatic rings. The number of aryl methyl sites for hydroxylation is 1. The highest BCUT2D eigenvalue weighted by molar-refractivity contribution is 5.78. The second kappa shape index (κ2) is 7.28. The van der Waals surface area contributed by atoms with E-state index in [1.54, 1.807) is 22.9 Å². The quantitative estimate of drug-likeness (QED) is 0.618. The minimum atomic E-state index is -0.0719. The maximum atomic E-state index is 11.7. The van der Waals surface area contributed by atoms with Crippen LogP contribution in [0, 0.1) is 0 Å². The van der Waals surface area contributed by atoms with Gasteiger partial charge in [0.2, 0.25) is 5.91 Å². The Morgan fingerprint density at radius 1 is 1.15 bits per heavy atom. The molecule has 4 heteroatoms. The lowest BCUT2D eigenvalue weighted by atomic mass is 10.1. The first-order valence-electron chi connectivity index (χ1n) is 6.70. The molecule has 20 heavy (non-hydrogen) atoms. The SMILES string of the molecule is O=Cc1cccn1CC(=O)NCCCc1ccccc1. The molecule has 0 saturated carbocycles. The van der Waals surface area contributed by atoms with Crippen molar-refractivity contribution in [2.45, 2.75) is 19.4 Å². The zero-order valence-electron chi connectivity index (χ0n) is 11.3. The highest BCUT2D eigenvalue weighted by atomic mass is 16.2. The molecule has 1 N–H and O–H groups in total.